The van der Waals surface area contributed by atoms with E-state index in [4.69, 9.17) is 19.4 Å². The first-order valence-corrected chi connectivity index (χ1v) is 7.36. The molecule has 1 fully saturated rings. The first-order chi connectivity index (χ1) is 9.36. The number of ether oxygens (including phenoxy) is 1. The zero-order valence-corrected chi connectivity index (χ0v) is 11.6. The van der Waals surface area contributed by atoms with Crippen LogP contribution in [0.4, 0.5) is 0 Å². The molecule has 20 heavy (non-hydrogen) atoms. The Morgan fingerprint density at radius 1 is 1.55 bits per heavy atom. The number of hydrogen-bond acceptors (Lipinski definition) is 6. The van der Waals surface area contributed by atoms with Gasteiger partial charge in [0.25, 0.3) is 0 Å². The lowest BCUT2D eigenvalue weighted by molar-refractivity contribution is -0.0304. The largest absolute Gasteiger partial charge is 0.475 e. The number of carboxylic acid groups (broad SMARTS) is 1. The summed E-state index contributed by atoms with van der Waals surface area (Å²) in [6.07, 6.45) is -0.579. The van der Waals surface area contributed by atoms with Crippen molar-refractivity contribution in [2.24, 2.45) is 0 Å². The molecule has 1 atom stereocenters. The van der Waals surface area contributed by atoms with Gasteiger partial charge in [-0.25, -0.2) is 13.2 Å². The van der Waals surface area contributed by atoms with Gasteiger partial charge in [-0.05, 0) is 6.92 Å². The number of furan rings is 1. The molecule has 1 aromatic rings. The molecule has 2 heterocycles. The van der Waals surface area contributed by atoms with Crippen molar-refractivity contribution in [2.45, 2.75) is 17.9 Å². The Morgan fingerprint density at radius 2 is 2.25 bits per heavy atom. The smallest absolute Gasteiger partial charge is 0.371 e. The van der Waals surface area contributed by atoms with Gasteiger partial charge < -0.3 is 19.4 Å². The van der Waals surface area contributed by atoms with Gasteiger partial charge in [-0.1, -0.05) is 0 Å². The molecule has 0 radical (unpaired) electrons. The monoisotopic (exact) mass is 305 g/mol. The number of rotatable bonds is 4. The summed E-state index contributed by atoms with van der Waals surface area (Å²) in [5.74, 6) is -1.73. The maximum atomic E-state index is 12.4. The lowest BCUT2D eigenvalue weighted by Crippen LogP contribution is -2.46. The lowest BCUT2D eigenvalue weighted by Gasteiger charge is -2.30. The molecule has 0 aliphatic carbocycles. The number of hydrogen-bond donors (Lipinski definition) is 2. The van der Waals surface area contributed by atoms with Gasteiger partial charge in [-0.3, -0.25) is 0 Å². The number of morpholine rings is 1. The highest BCUT2D eigenvalue weighted by molar-refractivity contribution is 7.89. The first kappa shape index (κ1) is 15.0. The molecule has 1 aromatic heterocycles. The summed E-state index contributed by atoms with van der Waals surface area (Å²) >= 11 is 0. The van der Waals surface area contributed by atoms with E-state index in [1.54, 1.807) is 0 Å². The highest BCUT2D eigenvalue weighted by Gasteiger charge is 2.33. The molecular weight excluding hydrogens is 290 g/mol. The van der Waals surface area contributed by atoms with Crippen LogP contribution < -0.4 is 0 Å². The zero-order chi connectivity index (χ0) is 14.9. The number of aliphatic hydroxyl groups is 1. The van der Waals surface area contributed by atoms with E-state index >= 15 is 0 Å². The van der Waals surface area contributed by atoms with Crippen molar-refractivity contribution < 1.29 is 32.6 Å². The average molecular weight is 305 g/mol. The Morgan fingerprint density at radius 3 is 2.80 bits per heavy atom. The van der Waals surface area contributed by atoms with Gasteiger partial charge in [0, 0.05) is 19.2 Å². The molecule has 0 aromatic carbocycles. The lowest BCUT2D eigenvalue weighted by atomic mass is 10.3. The molecule has 8 nitrogen and oxygen atoms in total. The number of sulfonamides is 1. The molecule has 1 unspecified atom stereocenters. The van der Waals surface area contributed by atoms with E-state index in [2.05, 4.69) is 0 Å². The predicted molar refractivity (Wildman–Crippen MR) is 66.0 cm³/mol. The molecule has 9 heteroatoms. The third-order valence-corrected chi connectivity index (χ3v) is 4.98. The summed E-state index contributed by atoms with van der Waals surface area (Å²) in [7, 11) is -3.86. The van der Waals surface area contributed by atoms with Crippen LogP contribution in [0.15, 0.2) is 15.4 Å². The van der Waals surface area contributed by atoms with Crippen molar-refractivity contribution >= 4 is 16.0 Å². The second-order valence-electron chi connectivity index (χ2n) is 4.37. The van der Waals surface area contributed by atoms with Gasteiger partial charge in [0.05, 0.1) is 19.3 Å². The Labute approximate surface area is 115 Å². The van der Waals surface area contributed by atoms with Crippen LogP contribution in [0.2, 0.25) is 0 Å². The summed E-state index contributed by atoms with van der Waals surface area (Å²) in [4.78, 5) is 10.6. The van der Waals surface area contributed by atoms with Crippen LogP contribution >= 0.6 is 0 Å². The number of nitrogens with zero attached hydrogens (tertiary/aromatic N) is 1. The summed E-state index contributed by atoms with van der Waals surface area (Å²) in [6, 6.07) is 0.996. The maximum absolute atomic E-state index is 12.4. The summed E-state index contributed by atoms with van der Waals surface area (Å²) in [5.41, 5.74) is 0. The van der Waals surface area contributed by atoms with E-state index in [1.165, 1.54) is 6.92 Å². The van der Waals surface area contributed by atoms with E-state index in [0.29, 0.717) is 0 Å². The van der Waals surface area contributed by atoms with Crippen molar-refractivity contribution in [3.63, 3.8) is 0 Å². The van der Waals surface area contributed by atoms with Crippen molar-refractivity contribution in [3.05, 3.63) is 17.6 Å². The third kappa shape index (κ3) is 2.70. The first-order valence-electron chi connectivity index (χ1n) is 5.92. The fourth-order valence-electron chi connectivity index (χ4n) is 1.99. The molecular formula is C11H15NO7S. The predicted octanol–water partition coefficient (Wildman–Crippen LogP) is -0.332. The van der Waals surface area contributed by atoms with Crippen LogP contribution in [0.3, 0.4) is 0 Å². The molecule has 0 saturated carbocycles. The van der Waals surface area contributed by atoms with E-state index in [0.717, 1.165) is 10.4 Å². The minimum absolute atomic E-state index is 0.0197. The maximum Gasteiger partial charge on any atom is 0.371 e. The van der Waals surface area contributed by atoms with E-state index in [1.807, 2.05) is 0 Å². The average Bonchev–Trinajstić information content (AvgIpc) is 2.82. The topological polar surface area (TPSA) is 117 Å². The Hall–Kier alpha value is -1.42. The zero-order valence-electron chi connectivity index (χ0n) is 10.8. The van der Waals surface area contributed by atoms with Crippen LogP contribution in [-0.4, -0.2) is 61.3 Å². The third-order valence-electron chi connectivity index (χ3n) is 3.01. The van der Waals surface area contributed by atoms with Crippen molar-refractivity contribution in [2.75, 3.05) is 26.3 Å². The molecule has 112 valence electrons. The van der Waals surface area contributed by atoms with Crippen LogP contribution in [0.5, 0.6) is 0 Å². The normalized spacial score (nSPS) is 21.0. The molecule has 2 N–H and O–H groups in total. The van der Waals surface area contributed by atoms with Gasteiger partial charge >= 0.3 is 5.97 Å². The van der Waals surface area contributed by atoms with Crippen molar-refractivity contribution in [3.8, 4) is 0 Å². The number of carboxylic acids is 1. The highest BCUT2D eigenvalue weighted by Crippen LogP contribution is 2.25. The fraction of sp³-hybridized carbons (Fsp3) is 0.545. The minimum Gasteiger partial charge on any atom is -0.475 e. The Bertz CT molecular complexity index is 606. The molecule has 1 saturated heterocycles. The van der Waals surface area contributed by atoms with E-state index in [-0.39, 0.29) is 37.0 Å². The molecule has 2 rings (SSSR count). The van der Waals surface area contributed by atoms with Gasteiger partial charge in [0.15, 0.2) is 0 Å². The van der Waals surface area contributed by atoms with Gasteiger partial charge in [0.1, 0.15) is 10.7 Å². The molecule has 1 aliphatic rings. The molecule has 0 amide bonds. The SMILES string of the molecule is Cc1oc(C(=O)O)cc1S(=O)(=O)N1CCOC(CO)C1. The van der Waals surface area contributed by atoms with Crippen LogP contribution in [0.1, 0.15) is 16.3 Å². The van der Waals surface area contributed by atoms with Gasteiger partial charge in [-0.15, -0.1) is 0 Å². The second-order valence-corrected chi connectivity index (χ2v) is 6.28. The number of aliphatic hydroxyl groups excluding tert-OH is 1. The van der Waals surface area contributed by atoms with Crippen LogP contribution in [0.25, 0.3) is 0 Å². The summed E-state index contributed by atoms with van der Waals surface area (Å²) < 4.78 is 36.1. The quantitative estimate of drug-likeness (QED) is 0.782. The van der Waals surface area contributed by atoms with E-state index in [9.17, 15) is 13.2 Å². The molecule has 0 bridgehead atoms. The Balaban J connectivity index is 2.32. The van der Waals surface area contributed by atoms with E-state index < -0.39 is 27.9 Å². The number of carbonyl (C=O) groups is 1. The fourth-order valence-corrected chi connectivity index (χ4v) is 3.60. The number of aromatic carboxylic acids is 1. The minimum atomic E-state index is -3.86. The Kier molecular flexibility index (Phi) is 4.14. The van der Waals surface area contributed by atoms with Crippen molar-refractivity contribution in [1.82, 2.24) is 4.31 Å². The highest BCUT2D eigenvalue weighted by atomic mass is 32.2. The standard InChI is InChI=1S/C11H15NO7S/c1-7-10(4-9(19-7)11(14)15)20(16,17)12-2-3-18-8(5-12)6-13/h4,8,13H,2-3,5-6H2,1H3,(H,14,15). The molecule has 1 aliphatic heterocycles. The van der Waals surface area contributed by atoms with Gasteiger partial charge in [0.2, 0.25) is 15.8 Å². The summed E-state index contributed by atoms with van der Waals surface area (Å²) in [5, 5.41) is 17.9. The van der Waals surface area contributed by atoms with Crippen molar-refractivity contribution in [1.29, 1.82) is 0 Å². The van der Waals surface area contributed by atoms with Crippen LogP contribution in [-0.2, 0) is 14.8 Å². The van der Waals surface area contributed by atoms with Gasteiger partial charge in [-0.2, -0.15) is 4.31 Å². The van der Waals surface area contributed by atoms with Crippen LogP contribution in [0, 0.1) is 6.92 Å². The summed E-state index contributed by atoms with van der Waals surface area (Å²) in [6.45, 7) is 1.45. The number of aryl methyl sites for hydroxylation is 1. The molecule has 0 spiro atoms. The second kappa shape index (κ2) is 5.52.